The van der Waals surface area contributed by atoms with Gasteiger partial charge in [0.1, 0.15) is 0 Å². The molecule has 15 heteroatoms. The number of aliphatic imine (C=N–C) groups is 1. The number of rotatable bonds is 5. The Hall–Kier alpha value is -1.50. The molecule has 2 aliphatic rings. The SMILES string of the molecule is CCOC1(C(F)(F)F)N=C(Nc2ncc(C(F)(F)F)cc2Cl)N(CC2CCCCC2)C(=O)C1(Cl)Cl. The zero-order chi connectivity index (χ0) is 26.2. The summed E-state index contributed by atoms with van der Waals surface area (Å²) < 4.78 is 83.3. The Morgan fingerprint density at radius 2 is 1.80 bits per heavy atom. The number of carbonyl (C=O) groups is 1. The number of nitrogens with zero attached hydrogens (tertiary/aromatic N) is 3. The third-order valence-electron chi connectivity index (χ3n) is 5.76. The largest absolute Gasteiger partial charge is 0.442 e. The van der Waals surface area contributed by atoms with Crippen molar-refractivity contribution in [2.75, 3.05) is 18.5 Å². The molecule has 0 aromatic carbocycles. The van der Waals surface area contributed by atoms with Gasteiger partial charge in [-0.1, -0.05) is 54.1 Å². The second-order valence-electron chi connectivity index (χ2n) is 8.18. The summed E-state index contributed by atoms with van der Waals surface area (Å²) in [6.07, 6.45) is -5.56. The van der Waals surface area contributed by atoms with Gasteiger partial charge in [-0.25, -0.2) is 9.98 Å². The molecule has 1 amide bonds. The molecule has 1 aliphatic heterocycles. The molecule has 6 nitrogen and oxygen atoms in total. The van der Waals surface area contributed by atoms with Crippen molar-refractivity contribution in [3.8, 4) is 0 Å². The van der Waals surface area contributed by atoms with E-state index in [9.17, 15) is 31.1 Å². The lowest BCUT2D eigenvalue weighted by Crippen LogP contribution is -2.70. The van der Waals surface area contributed by atoms with Gasteiger partial charge in [-0.15, -0.1) is 0 Å². The van der Waals surface area contributed by atoms with Crippen molar-refractivity contribution in [1.29, 1.82) is 0 Å². The molecule has 1 fully saturated rings. The van der Waals surface area contributed by atoms with E-state index in [1.54, 1.807) is 0 Å². The van der Waals surface area contributed by atoms with E-state index in [2.05, 4.69) is 15.3 Å². The second-order valence-corrected chi connectivity index (χ2v) is 9.92. The van der Waals surface area contributed by atoms with Crippen LogP contribution in [0.25, 0.3) is 0 Å². The Labute approximate surface area is 211 Å². The maximum atomic E-state index is 14.2. The molecule has 35 heavy (non-hydrogen) atoms. The van der Waals surface area contributed by atoms with Gasteiger partial charge >= 0.3 is 18.1 Å². The standard InChI is InChI=1S/C20H21Cl3F6N4O2/c1-2-35-19(20(27,28)29)17(22,23)15(34)33(10-11-6-4-3-5-7-11)16(32-19)31-14-13(21)8-12(9-30-14)18(24,25)26/h8-9,11H,2-7,10H2,1H3,(H,30,31,32). The van der Waals surface area contributed by atoms with Crippen molar-refractivity contribution >= 4 is 52.5 Å². The molecule has 1 aromatic heterocycles. The third kappa shape index (κ3) is 5.45. The van der Waals surface area contributed by atoms with Crippen LogP contribution in [-0.4, -0.2) is 51.1 Å². The molecule has 2 heterocycles. The molecule has 1 N–H and O–H groups in total. The highest BCUT2D eigenvalue weighted by Crippen LogP contribution is 2.52. The fraction of sp³-hybridized carbons (Fsp3) is 0.650. The van der Waals surface area contributed by atoms with Gasteiger partial charge in [0.2, 0.25) is 5.96 Å². The van der Waals surface area contributed by atoms with E-state index in [1.807, 2.05) is 0 Å². The lowest BCUT2D eigenvalue weighted by molar-refractivity contribution is -0.279. The van der Waals surface area contributed by atoms with Crippen LogP contribution in [0.2, 0.25) is 5.02 Å². The molecule has 3 rings (SSSR count). The average molecular weight is 570 g/mol. The lowest BCUT2D eigenvalue weighted by Gasteiger charge is -2.46. The molecule has 0 spiro atoms. The van der Waals surface area contributed by atoms with Crippen molar-refractivity contribution in [2.24, 2.45) is 10.9 Å². The number of aromatic nitrogens is 1. The molecule has 0 radical (unpaired) electrons. The van der Waals surface area contributed by atoms with Crippen LogP contribution >= 0.6 is 34.8 Å². The molecule has 0 bridgehead atoms. The van der Waals surface area contributed by atoms with Crippen LogP contribution in [0.15, 0.2) is 17.3 Å². The Bertz CT molecular complexity index is 983. The van der Waals surface area contributed by atoms with E-state index in [0.29, 0.717) is 25.1 Å². The van der Waals surface area contributed by atoms with Crippen LogP contribution < -0.4 is 5.32 Å². The van der Waals surface area contributed by atoms with E-state index in [4.69, 9.17) is 39.5 Å². The predicted molar refractivity (Wildman–Crippen MR) is 118 cm³/mol. The van der Waals surface area contributed by atoms with Crippen LogP contribution in [0.4, 0.5) is 32.2 Å². The van der Waals surface area contributed by atoms with Gasteiger partial charge in [0.25, 0.3) is 10.2 Å². The Balaban J connectivity index is 2.11. The van der Waals surface area contributed by atoms with Crippen molar-refractivity contribution in [2.45, 2.75) is 61.4 Å². The highest BCUT2D eigenvalue weighted by molar-refractivity contribution is 6.60. The van der Waals surface area contributed by atoms with Crippen LogP contribution in [0.3, 0.4) is 0 Å². The number of halogens is 9. The monoisotopic (exact) mass is 568 g/mol. The number of guanidine groups is 1. The number of hydrogen-bond acceptors (Lipinski definition) is 5. The van der Waals surface area contributed by atoms with Gasteiger partial charge in [0, 0.05) is 19.3 Å². The minimum atomic E-state index is -5.34. The normalized spacial score (nSPS) is 23.9. The summed E-state index contributed by atoms with van der Waals surface area (Å²) in [7, 11) is 0. The van der Waals surface area contributed by atoms with E-state index >= 15 is 0 Å². The minimum absolute atomic E-state index is 0.0792. The van der Waals surface area contributed by atoms with E-state index in [-0.39, 0.29) is 12.5 Å². The quantitative estimate of drug-likeness (QED) is 0.329. The Morgan fingerprint density at radius 3 is 2.31 bits per heavy atom. The number of pyridine rings is 1. The lowest BCUT2D eigenvalue weighted by atomic mass is 9.88. The maximum Gasteiger partial charge on any atom is 0.442 e. The first-order valence-electron chi connectivity index (χ1n) is 10.6. The summed E-state index contributed by atoms with van der Waals surface area (Å²) in [6.45, 7) is 0.587. The molecule has 196 valence electrons. The average Bonchev–Trinajstić information content (AvgIpc) is 2.75. The maximum absolute atomic E-state index is 14.2. The van der Waals surface area contributed by atoms with Gasteiger partial charge in [0.15, 0.2) is 5.82 Å². The van der Waals surface area contributed by atoms with Crippen LogP contribution in [0.1, 0.15) is 44.6 Å². The number of hydrogen-bond donors (Lipinski definition) is 1. The summed E-state index contributed by atoms with van der Waals surface area (Å²) in [6, 6.07) is 0.542. The summed E-state index contributed by atoms with van der Waals surface area (Å²) in [5.41, 5.74) is -4.87. The predicted octanol–water partition coefficient (Wildman–Crippen LogP) is 6.41. The van der Waals surface area contributed by atoms with Crippen molar-refractivity contribution in [1.82, 2.24) is 9.88 Å². The molecule has 0 saturated heterocycles. The summed E-state index contributed by atoms with van der Waals surface area (Å²) in [5, 5.41) is 1.81. The molecule has 1 unspecified atom stereocenters. The number of alkyl halides is 8. The van der Waals surface area contributed by atoms with Gasteiger partial charge in [0.05, 0.1) is 10.6 Å². The molecule has 1 aromatic rings. The smallest absolute Gasteiger partial charge is 0.344 e. The second kappa shape index (κ2) is 10.1. The summed E-state index contributed by atoms with van der Waals surface area (Å²) in [4.78, 5) is 21.3. The highest BCUT2D eigenvalue weighted by Gasteiger charge is 2.74. The molecular weight excluding hydrogens is 549 g/mol. The Kier molecular flexibility index (Phi) is 8.10. The van der Waals surface area contributed by atoms with Crippen LogP contribution in [0, 0.1) is 5.92 Å². The Morgan fingerprint density at radius 1 is 1.17 bits per heavy atom. The van der Waals surface area contributed by atoms with E-state index in [0.717, 1.165) is 24.2 Å². The molecule has 1 saturated carbocycles. The summed E-state index contributed by atoms with van der Waals surface area (Å²) in [5.74, 6) is -2.59. The summed E-state index contributed by atoms with van der Waals surface area (Å²) >= 11 is 18.0. The van der Waals surface area contributed by atoms with Crippen molar-refractivity contribution < 1.29 is 35.9 Å². The number of ether oxygens (including phenoxy) is 1. The number of nitrogens with one attached hydrogen (secondary N) is 1. The van der Waals surface area contributed by atoms with E-state index in [1.165, 1.54) is 6.92 Å². The topological polar surface area (TPSA) is 66.8 Å². The van der Waals surface area contributed by atoms with Gasteiger partial charge in [-0.3, -0.25) is 9.69 Å². The number of amides is 1. The van der Waals surface area contributed by atoms with Crippen molar-refractivity contribution in [3.05, 3.63) is 22.8 Å². The number of carbonyl (C=O) groups excluding carboxylic acids is 1. The molecule has 1 aliphatic carbocycles. The minimum Gasteiger partial charge on any atom is -0.344 e. The van der Waals surface area contributed by atoms with Crippen molar-refractivity contribution in [3.63, 3.8) is 0 Å². The van der Waals surface area contributed by atoms with Crippen LogP contribution in [0.5, 0.6) is 0 Å². The number of anilines is 1. The van der Waals surface area contributed by atoms with Gasteiger partial charge in [-0.05, 0) is 31.7 Å². The third-order valence-corrected chi connectivity index (χ3v) is 6.88. The van der Waals surface area contributed by atoms with E-state index < -0.39 is 57.3 Å². The fourth-order valence-electron chi connectivity index (χ4n) is 4.03. The first kappa shape index (κ1) is 28.1. The zero-order valence-corrected chi connectivity index (χ0v) is 20.5. The first-order valence-corrected chi connectivity index (χ1v) is 11.8. The first-order chi connectivity index (χ1) is 16.1. The fourth-order valence-corrected chi connectivity index (χ4v) is 4.85. The highest BCUT2D eigenvalue weighted by atomic mass is 35.5. The molecular formula is C20H21Cl3F6N4O2. The van der Waals surface area contributed by atoms with Gasteiger partial charge in [-0.2, -0.15) is 26.3 Å². The van der Waals surface area contributed by atoms with Gasteiger partial charge < -0.3 is 10.1 Å². The zero-order valence-electron chi connectivity index (χ0n) is 18.2. The van der Waals surface area contributed by atoms with Crippen LogP contribution in [-0.2, 0) is 15.7 Å². The molecule has 1 atom stereocenters.